The smallest absolute Gasteiger partial charge is 0.330 e. The lowest BCUT2D eigenvalue weighted by molar-refractivity contribution is -0.140. The first-order valence-corrected chi connectivity index (χ1v) is 5.61. The molecule has 0 amide bonds. The number of carbonyl (C=O) groups excluding carboxylic acids is 2. The van der Waals surface area contributed by atoms with Crippen LogP contribution in [0.2, 0.25) is 0 Å². The Hall–Kier alpha value is -2.13. The summed E-state index contributed by atoms with van der Waals surface area (Å²) in [4.78, 5) is 24.8. The van der Waals surface area contributed by atoms with E-state index in [1.807, 2.05) is 0 Å². The van der Waals surface area contributed by atoms with E-state index in [0.717, 1.165) is 12.2 Å². The lowest BCUT2D eigenvalue weighted by Gasteiger charge is -2.22. The van der Waals surface area contributed by atoms with Gasteiger partial charge in [-0.15, -0.1) is 0 Å². The summed E-state index contributed by atoms with van der Waals surface area (Å²) in [5.41, 5.74) is -1.36. The molecule has 1 N–H and O–H groups in total. The molecule has 0 aromatic rings. The van der Waals surface area contributed by atoms with E-state index in [-0.39, 0.29) is 32.6 Å². The molecule has 0 aliphatic carbocycles. The van der Waals surface area contributed by atoms with Crippen molar-refractivity contribution in [2.45, 2.75) is 18.4 Å². The fraction of sp³-hybridized carbons (Fsp3) is 0.462. The molecule has 0 fully saturated rings. The van der Waals surface area contributed by atoms with Crippen LogP contribution < -0.4 is 0 Å². The van der Waals surface area contributed by atoms with Gasteiger partial charge in [0.25, 0.3) is 0 Å². The van der Waals surface area contributed by atoms with E-state index in [1.165, 1.54) is 0 Å². The first-order valence-electron chi connectivity index (χ1n) is 5.61. The highest BCUT2D eigenvalue weighted by Crippen LogP contribution is 2.16. The summed E-state index contributed by atoms with van der Waals surface area (Å²) in [6.45, 7) is 13.0. The molecular formula is C13H17NO5. The van der Waals surface area contributed by atoms with Gasteiger partial charge in [-0.2, -0.15) is 0 Å². The third-order valence-corrected chi connectivity index (χ3v) is 2.33. The van der Waals surface area contributed by atoms with Crippen molar-refractivity contribution in [3.8, 4) is 0 Å². The van der Waals surface area contributed by atoms with Crippen molar-refractivity contribution in [1.29, 1.82) is 0 Å². The minimum Gasteiger partial charge on any atom is -0.462 e. The highest BCUT2D eigenvalue weighted by atomic mass is 16.5. The Morgan fingerprint density at radius 2 is 1.58 bits per heavy atom. The minimum absolute atomic E-state index is 0.0354. The monoisotopic (exact) mass is 267 g/mol. The van der Waals surface area contributed by atoms with Crippen molar-refractivity contribution in [3.63, 3.8) is 0 Å². The molecule has 0 unspecified atom stereocenters. The Labute approximate surface area is 112 Å². The van der Waals surface area contributed by atoms with Crippen molar-refractivity contribution < 1.29 is 24.2 Å². The van der Waals surface area contributed by atoms with Crippen LogP contribution in [0, 0.1) is 6.57 Å². The van der Waals surface area contributed by atoms with E-state index in [0.29, 0.717) is 0 Å². The second-order valence-electron chi connectivity index (χ2n) is 3.78. The zero-order valence-corrected chi connectivity index (χ0v) is 10.6. The van der Waals surface area contributed by atoms with Crippen molar-refractivity contribution in [1.82, 2.24) is 0 Å². The normalized spacial score (nSPS) is 10.1. The Morgan fingerprint density at radius 1 is 1.16 bits per heavy atom. The number of nitrogens with zero attached hydrogens (tertiary/aromatic N) is 1. The molecule has 0 aliphatic rings. The standard InChI is InChI=1S/C13H17NO5/c1-4-11(15)18-8-6-13(17,10-14-3)7-9-19-12(16)5-2/h4-5,17H,1-2,6-10H2. The van der Waals surface area contributed by atoms with Gasteiger partial charge in [0.1, 0.15) is 5.60 Å². The number of aliphatic hydroxyl groups is 1. The van der Waals surface area contributed by atoms with Crippen LogP contribution in [0.3, 0.4) is 0 Å². The van der Waals surface area contributed by atoms with Crippen molar-refractivity contribution in [2.75, 3.05) is 19.8 Å². The maximum atomic E-state index is 10.8. The maximum Gasteiger partial charge on any atom is 0.330 e. The van der Waals surface area contributed by atoms with Crippen molar-refractivity contribution >= 4 is 11.9 Å². The second kappa shape index (κ2) is 8.89. The molecule has 0 heterocycles. The first-order chi connectivity index (χ1) is 8.97. The Morgan fingerprint density at radius 3 is 1.89 bits per heavy atom. The van der Waals surface area contributed by atoms with E-state index in [4.69, 9.17) is 16.0 Å². The number of esters is 2. The average Bonchev–Trinajstić information content (AvgIpc) is 2.38. The number of ether oxygens (including phenoxy) is 2. The molecule has 19 heavy (non-hydrogen) atoms. The second-order valence-corrected chi connectivity index (χ2v) is 3.78. The number of hydrogen-bond donors (Lipinski definition) is 1. The highest BCUT2D eigenvalue weighted by Gasteiger charge is 2.31. The summed E-state index contributed by atoms with van der Waals surface area (Å²) in [6.07, 6.45) is 2.20. The van der Waals surface area contributed by atoms with Gasteiger partial charge in [-0.05, 0) is 0 Å². The molecule has 0 spiro atoms. The van der Waals surface area contributed by atoms with E-state index < -0.39 is 17.5 Å². The van der Waals surface area contributed by atoms with Crippen LogP contribution in [-0.4, -0.2) is 42.4 Å². The quantitative estimate of drug-likeness (QED) is 0.381. The van der Waals surface area contributed by atoms with Gasteiger partial charge in [-0.3, -0.25) is 0 Å². The van der Waals surface area contributed by atoms with Gasteiger partial charge in [0, 0.05) is 25.0 Å². The summed E-state index contributed by atoms with van der Waals surface area (Å²) in [5, 5.41) is 10.1. The lowest BCUT2D eigenvalue weighted by atomic mass is 9.96. The molecule has 6 nitrogen and oxygen atoms in total. The molecule has 0 radical (unpaired) electrons. The van der Waals surface area contributed by atoms with Gasteiger partial charge in [0.15, 0.2) is 0 Å². The Bertz CT molecular complexity index is 357. The van der Waals surface area contributed by atoms with Crippen LogP contribution in [-0.2, 0) is 19.1 Å². The Kier molecular flexibility index (Phi) is 7.89. The molecule has 0 saturated carbocycles. The molecule has 0 saturated heterocycles. The zero-order valence-electron chi connectivity index (χ0n) is 10.6. The third-order valence-electron chi connectivity index (χ3n) is 2.33. The summed E-state index contributed by atoms with van der Waals surface area (Å²) in [7, 11) is 0. The molecule has 104 valence electrons. The van der Waals surface area contributed by atoms with Gasteiger partial charge < -0.3 is 19.4 Å². The molecular weight excluding hydrogens is 250 g/mol. The van der Waals surface area contributed by atoms with Crippen LogP contribution in [0.25, 0.3) is 4.85 Å². The number of rotatable bonds is 9. The molecule has 0 aliphatic heterocycles. The van der Waals surface area contributed by atoms with Gasteiger partial charge in [-0.1, -0.05) is 13.2 Å². The fourth-order valence-corrected chi connectivity index (χ4v) is 1.23. The molecule has 0 aromatic heterocycles. The van der Waals surface area contributed by atoms with E-state index in [9.17, 15) is 14.7 Å². The summed E-state index contributed by atoms with van der Waals surface area (Å²) < 4.78 is 9.48. The van der Waals surface area contributed by atoms with Crippen LogP contribution in [0.4, 0.5) is 0 Å². The van der Waals surface area contributed by atoms with E-state index >= 15 is 0 Å². The maximum absolute atomic E-state index is 10.8. The van der Waals surface area contributed by atoms with Gasteiger partial charge in [0.05, 0.1) is 13.2 Å². The average molecular weight is 267 g/mol. The molecule has 0 atom stereocenters. The predicted octanol–water partition coefficient (Wildman–Crippen LogP) is 0.875. The van der Waals surface area contributed by atoms with E-state index in [2.05, 4.69) is 18.0 Å². The SMILES string of the molecule is [C-]#[N+]CC(O)(CCOC(=O)C=C)CCOC(=O)C=C. The number of hydrogen-bond acceptors (Lipinski definition) is 5. The van der Waals surface area contributed by atoms with E-state index in [1.54, 1.807) is 0 Å². The Balaban J connectivity index is 4.21. The highest BCUT2D eigenvalue weighted by molar-refractivity contribution is 5.81. The molecule has 6 heteroatoms. The molecule has 0 bridgehead atoms. The predicted molar refractivity (Wildman–Crippen MR) is 68.0 cm³/mol. The zero-order chi connectivity index (χ0) is 14.7. The summed E-state index contributed by atoms with van der Waals surface area (Å²) >= 11 is 0. The minimum atomic E-state index is -1.36. The van der Waals surface area contributed by atoms with Crippen LogP contribution in [0.1, 0.15) is 12.8 Å². The largest absolute Gasteiger partial charge is 0.462 e. The topological polar surface area (TPSA) is 77.2 Å². The van der Waals surface area contributed by atoms with Gasteiger partial charge in [0.2, 0.25) is 6.54 Å². The van der Waals surface area contributed by atoms with Gasteiger partial charge in [-0.25, -0.2) is 16.2 Å². The van der Waals surface area contributed by atoms with Crippen molar-refractivity contribution in [2.24, 2.45) is 0 Å². The van der Waals surface area contributed by atoms with Crippen molar-refractivity contribution in [3.05, 3.63) is 36.7 Å². The fourth-order valence-electron chi connectivity index (χ4n) is 1.23. The molecule has 0 aromatic carbocycles. The van der Waals surface area contributed by atoms with Gasteiger partial charge >= 0.3 is 11.9 Å². The van der Waals surface area contributed by atoms with Crippen LogP contribution in [0.15, 0.2) is 25.3 Å². The van der Waals surface area contributed by atoms with Crippen LogP contribution in [0.5, 0.6) is 0 Å². The summed E-state index contributed by atoms with van der Waals surface area (Å²) in [5.74, 6) is -1.19. The molecule has 0 rings (SSSR count). The third kappa shape index (κ3) is 7.73. The first kappa shape index (κ1) is 16.9. The number of carbonyl (C=O) groups is 2. The summed E-state index contributed by atoms with van der Waals surface area (Å²) in [6, 6.07) is 0. The lowest BCUT2D eigenvalue weighted by Crippen LogP contribution is -2.35. The van der Waals surface area contributed by atoms with Crippen LogP contribution >= 0.6 is 0 Å².